The summed E-state index contributed by atoms with van der Waals surface area (Å²) in [6.45, 7) is 7.66. The lowest BCUT2D eigenvalue weighted by molar-refractivity contribution is -0.116. The first-order valence-electron chi connectivity index (χ1n) is 10.2. The van der Waals surface area contributed by atoms with E-state index in [1.807, 2.05) is 24.3 Å². The van der Waals surface area contributed by atoms with Crippen molar-refractivity contribution in [2.45, 2.75) is 56.8 Å². The Balaban J connectivity index is 1.54. The second-order valence-electron chi connectivity index (χ2n) is 8.63. The zero-order chi connectivity index (χ0) is 21.1. The minimum absolute atomic E-state index is 0.0535. The minimum atomic E-state index is -3.39. The smallest absolute Gasteiger partial charge is 0.243 e. The molecule has 0 aromatic heterocycles. The van der Waals surface area contributed by atoms with Crippen molar-refractivity contribution in [2.75, 3.05) is 18.4 Å². The Labute approximate surface area is 174 Å². The van der Waals surface area contributed by atoms with Crippen molar-refractivity contribution < 1.29 is 13.2 Å². The highest BCUT2D eigenvalue weighted by atomic mass is 32.2. The van der Waals surface area contributed by atoms with Gasteiger partial charge in [0.2, 0.25) is 15.9 Å². The summed E-state index contributed by atoms with van der Waals surface area (Å²) in [5.74, 6) is -0.0535. The van der Waals surface area contributed by atoms with Gasteiger partial charge in [0, 0.05) is 25.2 Å². The number of hydrogen-bond acceptors (Lipinski definition) is 3. The molecule has 156 valence electrons. The Kier molecular flexibility index (Phi) is 6.44. The summed E-state index contributed by atoms with van der Waals surface area (Å²) >= 11 is 0. The van der Waals surface area contributed by atoms with E-state index in [0.717, 1.165) is 24.1 Å². The van der Waals surface area contributed by atoms with Gasteiger partial charge in [-0.15, -0.1) is 0 Å². The number of amides is 1. The molecule has 6 heteroatoms. The maximum atomic E-state index is 12.6. The van der Waals surface area contributed by atoms with Crippen LogP contribution in [0.3, 0.4) is 0 Å². The normalized spacial score (nSPS) is 15.4. The van der Waals surface area contributed by atoms with E-state index >= 15 is 0 Å². The van der Waals surface area contributed by atoms with Gasteiger partial charge in [0.05, 0.1) is 4.90 Å². The number of rotatable bonds is 6. The summed E-state index contributed by atoms with van der Waals surface area (Å²) in [7, 11) is -3.39. The Bertz CT molecular complexity index is 937. The molecule has 5 nitrogen and oxygen atoms in total. The maximum Gasteiger partial charge on any atom is 0.243 e. The molecule has 29 heavy (non-hydrogen) atoms. The Morgan fingerprint density at radius 2 is 1.55 bits per heavy atom. The number of carbonyl (C=O) groups excluding carboxylic acids is 1. The second-order valence-corrected chi connectivity index (χ2v) is 10.6. The van der Waals surface area contributed by atoms with E-state index in [9.17, 15) is 13.2 Å². The Morgan fingerprint density at radius 3 is 2.10 bits per heavy atom. The highest BCUT2D eigenvalue weighted by molar-refractivity contribution is 7.89. The summed E-state index contributed by atoms with van der Waals surface area (Å²) in [6.07, 6.45) is 2.76. The molecule has 1 amide bonds. The standard InChI is InChI=1S/C23H30N2O3S/c1-23(2,3)19-9-11-20(12-10-19)24-22(26)15-8-18-6-13-21(14-7-18)29(27,28)25-16-4-5-17-25/h6-7,9-14H,4-5,8,15-17H2,1-3H3,(H,24,26). The number of hydrogen-bond donors (Lipinski definition) is 1. The predicted octanol–water partition coefficient (Wildman–Crippen LogP) is 4.34. The van der Waals surface area contributed by atoms with Crippen LogP contribution in [-0.4, -0.2) is 31.7 Å². The van der Waals surface area contributed by atoms with Crippen LogP contribution >= 0.6 is 0 Å². The first-order valence-corrected chi connectivity index (χ1v) is 11.6. The van der Waals surface area contributed by atoms with Crippen molar-refractivity contribution in [3.8, 4) is 0 Å². The van der Waals surface area contributed by atoms with E-state index in [-0.39, 0.29) is 11.3 Å². The zero-order valence-corrected chi connectivity index (χ0v) is 18.3. The molecule has 1 aliphatic rings. The van der Waals surface area contributed by atoms with Gasteiger partial charge in [-0.25, -0.2) is 8.42 Å². The topological polar surface area (TPSA) is 66.5 Å². The SMILES string of the molecule is CC(C)(C)c1ccc(NC(=O)CCc2ccc(S(=O)(=O)N3CCCC3)cc2)cc1. The summed E-state index contributed by atoms with van der Waals surface area (Å²) in [6, 6.07) is 14.8. The molecule has 0 atom stereocenters. The van der Waals surface area contributed by atoms with Gasteiger partial charge in [-0.05, 0) is 60.1 Å². The molecule has 1 N–H and O–H groups in total. The third-order valence-corrected chi connectivity index (χ3v) is 7.21. The third kappa shape index (κ3) is 5.46. The van der Waals surface area contributed by atoms with E-state index in [4.69, 9.17) is 0 Å². The second kappa shape index (κ2) is 8.67. The average Bonchev–Trinajstić information content (AvgIpc) is 3.22. The first-order chi connectivity index (χ1) is 13.7. The van der Waals surface area contributed by atoms with Crippen molar-refractivity contribution in [1.29, 1.82) is 0 Å². The van der Waals surface area contributed by atoms with Crippen molar-refractivity contribution >= 4 is 21.6 Å². The van der Waals surface area contributed by atoms with Crippen LogP contribution in [0, 0.1) is 0 Å². The van der Waals surface area contributed by atoms with Gasteiger partial charge in [-0.1, -0.05) is 45.0 Å². The molecule has 1 saturated heterocycles. The number of sulfonamides is 1. The van der Waals surface area contributed by atoms with Gasteiger partial charge in [0.25, 0.3) is 0 Å². The molecule has 2 aromatic carbocycles. The largest absolute Gasteiger partial charge is 0.326 e. The van der Waals surface area contributed by atoms with Crippen LogP contribution in [0.25, 0.3) is 0 Å². The van der Waals surface area contributed by atoms with Crippen molar-refractivity contribution in [3.63, 3.8) is 0 Å². The van der Waals surface area contributed by atoms with E-state index in [2.05, 4.69) is 26.1 Å². The highest BCUT2D eigenvalue weighted by Crippen LogP contribution is 2.24. The molecule has 0 aliphatic carbocycles. The van der Waals surface area contributed by atoms with E-state index in [0.29, 0.717) is 30.8 Å². The van der Waals surface area contributed by atoms with Gasteiger partial charge in [-0.3, -0.25) is 4.79 Å². The number of benzene rings is 2. The maximum absolute atomic E-state index is 12.6. The molecule has 0 saturated carbocycles. The molecule has 0 bridgehead atoms. The molecule has 2 aromatic rings. The van der Waals surface area contributed by atoms with E-state index in [1.165, 1.54) is 5.56 Å². The zero-order valence-electron chi connectivity index (χ0n) is 17.4. The number of anilines is 1. The van der Waals surface area contributed by atoms with Crippen molar-refractivity contribution in [1.82, 2.24) is 4.31 Å². The average molecular weight is 415 g/mol. The van der Waals surface area contributed by atoms with Crippen molar-refractivity contribution in [2.24, 2.45) is 0 Å². The van der Waals surface area contributed by atoms with Gasteiger partial charge in [0.15, 0.2) is 0 Å². The van der Waals surface area contributed by atoms with Gasteiger partial charge in [-0.2, -0.15) is 4.31 Å². The van der Waals surface area contributed by atoms with Crippen LogP contribution in [0.1, 0.15) is 51.2 Å². The molecular formula is C23H30N2O3S. The number of aryl methyl sites for hydroxylation is 1. The summed E-state index contributed by atoms with van der Waals surface area (Å²) in [5, 5.41) is 2.92. The summed E-state index contributed by atoms with van der Waals surface area (Å²) in [5.41, 5.74) is 3.04. The lowest BCUT2D eigenvalue weighted by Gasteiger charge is -2.19. The number of nitrogens with one attached hydrogen (secondary N) is 1. The van der Waals surface area contributed by atoms with Crippen LogP contribution < -0.4 is 5.32 Å². The van der Waals surface area contributed by atoms with Gasteiger partial charge < -0.3 is 5.32 Å². The number of nitrogens with zero attached hydrogens (tertiary/aromatic N) is 1. The van der Waals surface area contributed by atoms with E-state index in [1.54, 1.807) is 28.6 Å². The molecule has 1 fully saturated rings. The quantitative estimate of drug-likeness (QED) is 0.765. The lowest BCUT2D eigenvalue weighted by Crippen LogP contribution is -2.27. The lowest BCUT2D eigenvalue weighted by atomic mass is 9.87. The van der Waals surface area contributed by atoms with Gasteiger partial charge >= 0.3 is 0 Å². The predicted molar refractivity (Wildman–Crippen MR) is 117 cm³/mol. The van der Waals surface area contributed by atoms with Crippen LogP contribution in [0.4, 0.5) is 5.69 Å². The highest BCUT2D eigenvalue weighted by Gasteiger charge is 2.26. The fraction of sp³-hybridized carbons (Fsp3) is 0.435. The Hall–Kier alpha value is -2.18. The molecular weight excluding hydrogens is 384 g/mol. The molecule has 1 aliphatic heterocycles. The summed E-state index contributed by atoms with van der Waals surface area (Å²) < 4.78 is 26.7. The Morgan fingerprint density at radius 1 is 0.966 bits per heavy atom. The number of carbonyl (C=O) groups is 1. The fourth-order valence-corrected chi connectivity index (χ4v) is 4.96. The van der Waals surface area contributed by atoms with Crippen LogP contribution in [0.15, 0.2) is 53.4 Å². The molecule has 0 unspecified atom stereocenters. The van der Waals surface area contributed by atoms with E-state index < -0.39 is 10.0 Å². The summed E-state index contributed by atoms with van der Waals surface area (Å²) in [4.78, 5) is 12.6. The molecule has 3 rings (SSSR count). The van der Waals surface area contributed by atoms with Crippen molar-refractivity contribution in [3.05, 3.63) is 59.7 Å². The van der Waals surface area contributed by atoms with Gasteiger partial charge in [0.1, 0.15) is 0 Å². The van der Waals surface area contributed by atoms with Crippen LogP contribution in [0.5, 0.6) is 0 Å². The third-order valence-electron chi connectivity index (χ3n) is 5.30. The molecule has 1 heterocycles. The minimum Gasteiger partial charge on any atom is -0.326 e. The monoisotopic (exact) mass is 414 g/mol. The van der Waals surface area contributed by atoms with Crippen LogP contribution in [0.2, 0.25) is 0 Å². The first kappa shape index (κ1) is 21.5. The van der Waals surface area contributed by atoms with Crippen LogP contribution in [-0.2, 0) is 26.7 Å². The fourth-order valence-electron chi connectivity index (χ4n) is 3.44. The molecule has 0 radical (unpaired) electrons. The molecule has 0 spiro atoms.